The molecule has 160 valence electrons. The average Bonchev–Trinajstić information content (AvgIpc) is 2.67. The van der Waals surface area contributed by atoms with Gasteiger partial charge in [-0.05, 0) is 58.3 Å². The van der Waals surface area contributed by atoms with Crippen LogP contribution < -0.4 is 16.0 Å². The van der Waals surface area contributed by atoms with Crippen molar-refractivity contribution >= 4 is 0 Å². The van der Waals surface area contributed by atoms with Crippen LogP contribution in [0.15, 0.2) is 12.2 Å². The zero-order valence-electron chi connectivity index (χ0n) is 17.9. The fourth-order valence-corrected chi connectivity index (χ4v) is 3.72. The summed E-state index contributed by atoms with van der Waals surface area (Å²) in [4.78, 5) is 2.47. The number of nitrogens with zero attached hydrogens (tertiary/aromatic N) is 1. The summed E-state index contributed by atoms with van der Waals surface area (Å²) in [5, 5.41) is 20.6. The lowest BCUT2D eigenvalue weighted by molar-refractivity contribution is 0.121. The van der Waals surface area contributed by atoms with Gasteiger partial charge in [-0.1, -0.05) is 44.8 Å². The van der Waals surface area contributed by atoms with Crippen LogP contribution in [0.2, 0.25) is 0 Å². The molecule has 0 aromatic heterocycles. The van der Waals surface area contributed by atoms with Crippen molar-refractivity contribution < 1.29 is 5.11 Å². The first-order chi connectivity index (χ1) is 13.3. The maximum absolute atomic E-state index is 10.0. The molecule has 1 unspecified atom stereocenters. The number of rotatable bonds is 10. The number of aliphatic hydroxyl groups excluding tert-OH is 1. The van der Waals surface area contributed by atoms with Crippen molar-refractivity contribution in [3.05, 3.63) is 12.2 Å². The average molecular weight is 383 g/mol. The lowest BCUT2D eigenvalue weighted by atomic mass is 10.00. The topological polar surface area (TPSA) is 59.6 Å². The van der Waals surface area contributed by atoms with E-state index in [1.165, 1.54) is 37.7 Å². The molecule has 1 heterocycles. The molecular formula is C22H46N4O. The van der Waals surface area contributed by atoms with Gasteiger partial charge >= 0.3 is 0 Å². The molecule has 1 rings (SSSR count). The van der Waals surface area contributed by atoms with Crippen LogP contribution in [-0.2, 0) is 0 Å². The first kappa shape index (κ1) is 24.6. The predicted molar refractivity (Wildman–Crippen MR) is 117 cm³/mol. The molecule has 0 aromatic rings. The predicted octanol–water partition coefficient (Wildman–Crippen LogP) is 2.52. The summed E-state index contributed by atoms with van der Waals surface area (Å²) in [5.74, 6) is 0. The van der Waals surface area contributed by atoms with Crippen LogP contribution in [0, 0.1) is 0 Å². The van der Waals surface area contributed by atoms with Gasteiger partial charge in [-0.15, -0.1) is 0 Å². The van der Waals surface area contributed by atoms with Crippen molar-refractivity contribution in [2.24, 2.45) is 0 Å². The lowest BCUT2D eigenvalue weighted by Crippen LogP contribution is -2.44. The van der Waals surface area contributed by atoms with Gasteiger partial charge in [0.1, 0.15) is 0 Å². The molecule has 0 bridgehead atoms. The summed E-state index contributed by atoms with van der Waals surface area (Å²) in [6, 6.07) is 0.213. The van der Waals surface area contributed by atoms with Crippen LogP contribution >= 0.6 is 0 Å². The summed E-state index contributed by atoms with van der Waals surface area (Å²) >= 11 is 0. The minimum atomic E-state index is 0.213. The lowest BCUT2D eigenvalue weighted by Gasteiger charge is -2.31. The molecule has 27 heavy (non-hydrogen) atoms. The maximum atomic E-state index is 10.0. The van der Waals surface area contributed by atoms with E-state index in [2.05, 4.69) is 34.4 Å². The Labute approximate surface area is 168 Å². The highest BCUT2D eigenvalue weighted by Crippen LogP contribution is 2.17. The quantitative estimate of drug-likeness (QED) is 0.345. The molecule has 0 amide bonds. The summed E-state index contributed by atoms with van der Waals surface area (Å²) < 4.78 is 0. The summed E-state index contributed by atoms with van der Waals surface area (Å²) in [5.41, 5.74) is 1.31. The minimum absolute atomic E-state index is 0.213. The van der Waals surface area contributed by atoms with Crippen LogP contribution in [0.5, 0.6) is 0 Å². The first-order valence-electron chi connectivity index (χ1n) is 11.4. The van der Waals surface area contributed by atoms with E-state index < -0.39 is 0 Å². The van der Waals surface area contributed by atoms with Gasteiger partial charge in [-0.2, -0.15) is 0 Å². The van der Waals surface area contributed by atoms with Crippen LogP contribution in [0.4, 0.5) is 0 Å². The zero-order valence-corrected chi connectivity index (χ0v) is 17.9. The Morgan fingerprint density at radius 1 is 0.889 bits per heavy atom. The van der Waals surface area contributed by atoms with E-state index >= 15 is 0 Å². The molecule has 0 saturated carbocycles. The largest absolute Gasteiger partial charge is 0.395 e. The molecule has 1 saturated heterocycles. The smallest absolute Gasteiger partial charge is 0.0590 e. The molecular weight excluding hydrogens is 336 g/mol. The van der Waals surface area contributed by atoms with E-state index in [9.17, 15) is 5.11 Å². The Morgan fingerprint density at radius 3 is 2.26 bits per heavy atom. The normalized spacial score (nSPS) is 20.1. The Kier molecular flexibility index (Phi) is 16.0. The molecule has 5 nitrogen and oxygen atoms in total. The summed E-state index contributed by atoms with van der Waals surface area (Å²) in [6.07, 6.45) is 10.9. The molecule has 1 aliphatic rings. The van der Waals surface area contributed by atoms with Gasteiger partial charge in [0, 0.05) is 32.2 Å². The third kappa shape index (κ3) is 13.4. The Hall–Kier alpha value is -0.460. The molecule has 4 N–H and O–H groups in total. The summed E-state index contributed by atoms with van der Waals surface area (Å²) in [6.45, 7) is 15.1. The van der Waals surface area contributed by atoms with E-state index in [0.717, 1.165) is 78.0 Å². The number of hydrogen-bond donors (Lipinski definition) is 4. The van der Waals surface area contributed by atoms with Crippen molar-refractivity contribution in [2.75, 3.05) is 59.0 Å². The van der Waals surface area contributed by atoms with E-state index in [-0.39, 0.29) is 12.6 Å². The highest BCUT2D eigenvalue weighted by Gasteiger charge is 2.18. The third-order valence-electron chi connectivity index (χ3n) is 5.45. The molecule has 5 heteroatoms. The number of nitrogens with one attached hydrogen (secondary N) is 3. The van der Waals surface area contributed by atoms with Gasteiger partial charge in [0.05, 0.1) is 6.61 Å². The Morgan fingerprint density at radius 2 is 1.56 bits per heavy atom. The van der Waals surface area contributed by atoms with Gasteiger partial charge < -0.3 is 21.1 Å². The second kappa shape index (κ2) is 17.6. The first-order valence-corrected chi connectivity index (χ1v) is 11.4. The molecule has 0 radical (unpaired) electrons. The van der Waals surface area contributed by atoms with Crippen molar-refractivity contribution in [1.82, 2.24) is 20.9 Å². The van der Waals surface area contributed by atoms with Crippen LogP contribution in [0.3, 0.4) is 0 Å². The van der Waals surface area contributed by atoms with Gasteiger partial charge in [-0.25, -0.2) is 0 Å². The fourth-order valence-electron chi connectivity index (χ4n) is 3.72. The second-order valence-electron chi connectivity index (χ2n) is 7.95. The molecule has 1 atom stereocenters. The number of unbranched alkanes of at least 4 members (excludes halogenated alkanes) is 4. The molecule has 1 fully saturated rings. The van der Waals surface area contributed by atoms with Crippen molar-refractivity contribution in [3.63, 3.8) is 0 Å². The van der Waals surface area contributed by atoms with Crippen molar-refractivity contribution in [1.29, 1.82) is 0 Å². The highest BCUT2D eigenvalue weighted by molar-refractivity contribution is 4.98. The van der Waals surface area contributed by atoms with E-state index in [4.69, 9.17) is 0 Å². The van der Waals surface area contributed by atoms with Crippen LogP contribution in [0.25, 0.3) is 0 Å². The standard InChI is InChI=1S/C22H46N4O/c1-3-4-5-6-7-10-21(2)19-22(20-27)26-17-9-13-24-15-14-23-11-8-12-25-16-18-26/h22-25,27H,2-20H2,1H3. The zero-order chi connectivity index (χ0) is 19.6. The van der Waals surface area contributed by atoms with Gasteiger partial charge in [0.2, 0.25) is 0 Å². The molecule has 0 aromatic carbocycles. The number of hydrogen-bond acceptors (Lipinski definition) is 5. The number of aliphatic hydroxyl groups is 1. The molecule has 0 aliphatic carbocycles. The van der Waals surface area contributed by atoms with Crippen LogP contribution in [-0.4, -0.2) is 75.0 Å². The Bertz CT molecular complexity index is 337. The van der Waals surface area contributed by atoms with E-state index in [0.29, 0.717) is 0 Å². The molecule has 1 aliphatic heterocycles. The van der Waals surface area contributed by atoms with Gasteiger partial charge in [-0.3, -0.25) is 4.90 Å². The van der Waals surface area contributed by atoms with Gasteiger partial charge in [0.25, 0.3) is 0 Å². The minimum Gasteiger partial charge on any atom is -0.395 e. The van der Waals surface area contributed by atoms with E-state index in [1.54, 1.807) is 0 Å². The van der Waals surface area contributed by atoms with Crippen molar-refractivity contribution in [3.8, 4) is 0 Å². The summed E-state index contributed by atoms with van der Waals surface area (Å²) in [7, 11) is 0. The monoisotopic (exact) mass is 382 g/mol. The molecule has 0 spiro atoms. The maximum Gasteiger partial charge on any atom is 0.0590 e. The SMILES string of the molecule is C=C(CCCCCCC)CC(CO)N1CCCNCCNCCCNCC1. The van der Waals surface area contributed by atoms with Gasteiger partial charge in [0.15, 0.2) is 0 Å². The van der Waals surface area contributed by atoms with Crippen LogP contribution in [0.1, 0.15) is 64.7 Å². The van der Waals surface area contributed by atoms with Crippen molar-refractivity contribution in [2.45, 2.75) is 70.8 Å². The Balaban J connectivity index is 2.40. The second-order valence-corrected chi connectivity index (χ2v) is 7.95. The highest BCUT2D eigenvalue weighted by atomic mass is 16.3. The fraction of sp³-hybridized carbons (Fsp3) is 0.909. The van der Waals surface area contributed by atoms with E-state index in [1.807, 2.05) is 0 Å². The third-order valence-corrected chi connectivity index (χ3v) is 5.45.